The van der Waals surface area contributed by atoms with Crippen LogP contribution in [0.3, 0.4) is 0 Å². The van der Waals surface area contributed by atoms with Crippen LogP contribution in [0.4, 0.5) is 0 Å². The van der Waals surface area contributed by atoms with Gasteiger partial charge in [-0.05, 0) is 53.6 Å². The number of aryl methyl sites for hydroxylation is 1. The van der Waals surface area contributed by atoms with E-state index in [1.54, 1.807) is 12.4 Å². The smallest absolute Gasteiger partial charge is 0.241 e. The van der Waals surface area contributed by atoms with Gasteiger partial charge in [-0.3, -0.25) is 14.8 Å². The van der Waals surface area contributed by atoms with Crippen molar-refractivity contribution in [3.05, 3.63) is 95.6 Å². The summed E-state index contributed by atoms with van der Waals surface area (Å²) in [6.45, 7) is 3.41. The number of rotatable bonds is 10. The average Bonchev–Trinajstić information content (AvgIpc) is 2.78. The molecule has 3 rings (SSSR count). The molecule has 5 heteroatoms. The van der Waals surface area contributed by atoms with E-state index in [9.17, 15) is 4.79 Å². The van der Waals surface area contributed by atoms with Crippen molar-refractivity contribution < 1.29 is 4.79 Å². The first kappa shape index (κ1) is 20.7. The van der Waals surface area contributed by atoms with E-state index < -0.39 is 0 Å². The van der Waals surface area contributed by atoms with Crippen molar-refractivity contribution in [1.82, 2.24) is 20.6 Å². The predicted octanol–water partition coefficient (Wildman–Crippen LogP) is 3.27. The Balaban J connectivity index is 1.61. The molecule has 0 fully saturated rings. The van der Waals surface area contributed by atoms with E-state index in [1.165, 1.54) is 5.56 Å². The Morgan fingerprint density at radius 1 is 0.862 bits per heavy atom. The summed E-state index contributed by atoms with van der Waals surface area (Å²) in [6, 6.07) is 15.8. The van der Waals surface area contributed by atoms with E-state index in [0.29, 0.717) is 13.1 Å². The SMILES string of the molecule is CCc1ccc(C(NCCc2cccnc2)C(=O)NCCc2cccnc2)cc1. The van der Waals surface area contributed by atoms with E-state index in [2.05, 4.69) is 39.7 Å². The number of carbonyl (C=O) groups excluding carboxylic acids is 1. The summed E-state index contributed by atoms with van der Waals surface area (Å²) < 4.78 is 0. The first-order valence-corrected chi connectivity index (χ1v) is 10.1. The Kier molecular flexibility index (Phi) is 7.90. The third kappa shape index (κ3) is 6.50. The fourth-order valence-corrected chi connectivity index (χ4v) is 3.19. The molecule has 0 saturated heterocycles. The van der Waals surface area contributed by atoms with Crippen molar-refractivity contribution >= 4 is 5.91 Å². The molecule has 2 N–H and O–H groups in total. The number of aromatic nitrogens is 2. The minimum absolute atomic E-state index is 0.00988. The van der Waals surface area contributed by atoms with E-state index >= 15 is 0 Å². The first-order valence-electron chi connectivity index (χ1n) is 10.1. The summed E-state index contributed by atoms with van der Waals surface area (Å²) in [6.07, 6.45) is 9.78. The van der Waals surface area contributed by atoms with Crippen LogP contribution >= 0.6 is 0 Å². The van der Waals surface area contributed by atoms with Gasteiger partial charge in [0.15, 0.2) is 0 Å². The molecule has 5 nitrogen and oxygen atoms in total. The van der Waals surface area contributed by atoms with Crippen LogP contribution in [0.2, 0.25) is 0 Å². The zero-order chi connectivity index (χ0) is 20.3. The van der Waals surface area contributed by atoms with E-state index in [1.807, 2.05) is 48.8 Å². The second-order valence-electron chi connectivity index (χ2n) is 7.00. The number of amides is 1. The van der Waals surface area contributed by atoms with Crippen LogP contribution < -0.4 is 10.6 Å². The van der Waals surface area contributed by atoms with Crippen LogP contribution in [-0.2, 0) is 24.1 Å². The zero-order valence-electron chi connectivity index (χ0n) is 16.8. The standard InChI is InChI=1S/C24H28N4O/c1-2-19-7-9-22(10-8-19)23(27-15-11-20-5-3-13-25-17-20)24(29)28-16-12-21-6-4-14-26-18-21/h3-10,13-14,17-18,23,27H,2,11-12,15-16H2,1H3,(H,28,29). The van der Waals surface area contributed by atoms with Crippen LogP contribution in [0, 0.1) is 0 Å². The maximum Gasteiger partial charge on any atom is 0.241 e. The summed E-state index contributed by atoms with van der Waals surface area (Å²) >= 11 is 0. The molecule has 150 valence electrons. The second-order valence-corrected chi connectivity index (χ2v) is 7.00. The monoisotopic (exact) mass is 388 g/mol. The van der Waals surface area contributed by atoms with Crippen molar-refractivity contribution in [2.45, 2.75) is 32.2 Å². The highest BCUT2D eigenvalue weighted by Crippen LogP contribution is 2.15. The molecule has 1 unspecified atom stereocenters. The molecule has 29 heavy (non-hydrogen) atoms. The summed E-state index contributed by atoms with van der Waals surface area (Å²) in [5, 5.41) is 6.48. The molecule has 1 atom stereocenters. The molecular weight excluding hydrogens is 360 g/mol. The quantitative estimate of drug-likeness (QED) is 0.559. The maximum atomic E-state index is 12.9. The molecule has 0 saturated carbocycles. The van der Waals surface area contributed by atoms with Gasteiger partial charge in [0.2, 0.25) is 5.91 Å². The lowest BCUT2D eigenvalue weighted by molar-refractivity contribution is -0.123. The summed E-state index contributed by atoms with van der Waals surface area (Å²) in [7, 11) is 0. The molecule has 0 radical (unpaired) electrons. The molecule has 0 bridgehead atoms. The van der Waals surface area contributed by atoms with Crippen molar-refractivity contribution in [1.29, 1.82) is 0 Å². The number of carbonyl (C=O) groups is 1. The molecule has 0 spiro atoms. The normalized spacial score (nSPS) is 11.8. The van der Waals surface area contributed by atoms with Crippen molar-refractivity contribution in [3.8, 4) is 0 Å². The fraction of sp³-hybridized carbons (Fsp3) is 0.292. The van der Waals surface area contributed by atoms with Gasteiger partial charge in [-0.2, -0.15) is 0 Å². The highest BCUT2D eigenvalue weighted by atomic mass is 16.2. The molecule has 0 aliphatic heterocycles. The Labute approximate surface area is 172 Å². The van der Waals surface area contributed by atoms with Crippen LogP contribution in [0.1, 0.15) is 35.2 Å². The summed E-state index contributed by atoms with van der Waals surface area (Å²) in [4.78, 5) is 21.2. The third-order valence-electron chi connectivity index (χ3n) is 4.90. The van der Waals surface area contributed by atoms with Gasteiger partial charge < -0.3 is 10.6 Å². The minimum Gasteiger partial charge on any atom is -0.354 e. The van der Waals surface area contributed by atoms with Crippen LogP contribution in [0.25, 0.3) is 0 Å². The lowest BCUT2D eigenvalue weighted by Gasteiger charge is -2.19. The van der Waals surface area contributed by atoms with Crippen LogP contribution in [-0.4, -0.2) is 29.0 Å². The number of hydrogen-bond donors (Lipinski definition) is 2. The Hall–Kier alpha value is -3.05. The average molecular weight is 389 g/mol. The lowest BCUT2D eigenvalue weighted by Crippen LogP contribution is -2.39. The minimum atomic E-state index is -0.383. The molecule has 3 aromatic rings. The van der Waals surface area contributed by atoms with Gasteiger partial charge in [0.25, 0.3) is 0 Å². The second kappa shape index (κ2) is 11.1. The number of pyridine rings is 2. The van der Waals surface area contributed by atoms with Gasteiger partial charge >= 0.3 is 0 Å². The van der Waals surface area contributed by atoms with Crippen LogP contribution in [0.5, 0.6) is 0 Å². The van der Waals surface area contributed by atoms with E-state index in [0.717, 1.165) is 36.0 Å². The molecule has 0 aliphatic carbocycles. The van der Waals surface area contributed by atoms with E-state index in [-0.39, 0.29) is 11.9 Å². The van der Waals surface area contributed by atoms with Crippen molar-refractivity contribution in [2.24, 2.45) is 0 Å². The largest absolute Gasteiger partial charge is 0.354 e. The van der Waals surface area contributed by atoms with Gasteiger partial charge in [0.05, 0.1) is 0 Å². The molecule has 1 aromatic carbocycles. The fourth-order valence-electron chi connectivity index (χ4n) is 3.19. The van der Waals surface area contributed by atoms with Crippen LogP contribution in [0.15, 0.2) is 73.3 Å². The molecular formula is C24H28N4O. The summed E-state index contributed by atoms with van der Waals surface area (Å²) in [5.74, 6) is -0.00988. The predicted molar refractivity (Wildman–Crippen MR) is 115 cm³/mol. The topological polar surface area (TPSA) is 66.9 Å². The highest BCUT2D eigenvalue weighted by Gasteiger charge is 2.19. The number of hydrogen-bond acceptors (Lipinski definition) is 4. The lowest BCUT2D eigenvalue weighted by atomic mass is 10.0. The third-order valence-corrected chi connectivity index (χ3v) is 4.90. The highest BCUT2D eigenvalue weighted by molar-refractivity contribution is 5.83. The molecule has 2 heterocycles. The van der Waals surface area contributed by atoms with Crippen molar-refractivity contribution in [3.63, 3.8) is 0 Å². The summed E-state index contributed by atoms with van der Waals surface area (Å²) in [5.41, 5.74) is 4.50. The molecule has 0 aliphatic rings. The molecule has 2 aromatic heterocycles. The number of nitrogens with one attached hydrogen (secondary N) is 2. The van der Waals surface area contributed by atoms with Gasteiger partial charge in [-0.15, -0.1) is 0 Å². The number of nitrogens with zero attached hydrogens (tertiary/aromatic N) is 2. The molecule has 1 amide bonds. The Morgan fingerprint density at radius 3 is 2.03 bits per heavy atom. The number of benzene rings is 1. The van der Waals surface area contributed by atoms with E-state index in [4.69, 9.17) is 0 Å². The van der Waals surface area contributed by atoms with Gasteiger partial charge in [-0.25, -0.2) is 0 Å². The first-order chi connectivity index (χ1) is 14.3. The Bertz CT molecular complexity index is 866. The Morgan fingerprint density at radius 2 is 1.48 bits per heavy atom. The van der Waals surface area contributed by atoms with Gasteiger partial charge in [0.1, 0.15) is 6.04 Å². The van der Waals surface area contributed by atoms with Crippen molar-refractivity contribution in [2.75, 3.05) is 13.1 Å². The van der Waals surface area contributed by atoms with Gasteiger partial charge in [0, 0.05) is 37.9 Å². The van der Waals surface area contributed by atoms with Gasteiger partial charge in [-0.1, -0.05) is 43.3 Å². The zero-order valence-corrected chi connectivity index (χ0v) is 16.8. The maximum absolute atomic E-state index is 12.9.